The van der Waals surface area contributed by atoms with Crippen LogP contribution in [0, 0.1) is 5.82 Å². The molecule has 2 aromatic carbocycles. The number of aromatic nitrogens is 4. The molecule has 33 heavy (non-hydrogen) atoms. The molecule has 6 nitrogen and oxygen atoms in total. The molecule has 2 aromatic heterocycles. The summed E-state index contributed by atoms with van der Waals surface area (Å²) in [7, 11) is 2.15. The third-order valence-corrected chi connectivity index (χ3v) is 6.15. The van der Waals surface area contributed by atoms with Crippen molar-refractivity contribution in [2.24, 2.45) is 0 Å². The van der Waals surface area contributed by atoms with E-state index in [0.717, 1.165) is 60.0 Å². The molecule has 5 rings (SSSR count). The maximum Gasteiger partial charge on any atom is 0.223 e. The molecule has 3 heterocycles. The number of piperidine rings is 1. The average Bonchev–Trinajstić information content (AvgIpc) is 3.30. The first-order valence-corrected chi connectivity index (χ1v) is 11.3. The van der Waals surface area contributed by atoms with Crippen molar-refractivity contribution in [1.29, 1.82) is 0 Å². The lowest BCUT2D eigenvalue weighted by atomic mass is 9.96. The molecule has 7 heteroatoms. The molecular weight excluding hydrogens is 415 g/mol. The summed E-state index contributed by atoms with van der Waals surface area (Å²) >= 11 is 0. The lowest BCUT2D eigenvalue weighted by Crippen LogP contribution is -2.29. The summed E-state index contributed by atoms with van der Waals surface area (Å²) in [4.78, 5) is 20.0. The highest BCUT2D eigenvalue weighted by atomic mass is 19.1. The first-order valence-electron chi connectivity index (χ1n) is 11.3. The Morgan fingerprint density at radius 1 is 1.00 bits per heavy atom. The summed E-state index contributed by atoms with van der Waals surface area (Å²) in [5, 5.41) is 3.30. The maximum atomic E-state index is 13.6. The van der Waals surface area contributed by atoms with E-state index in [1.165, 1.54) is 12.1 Å². The maximum absolute atomic E-state index is 13.6. The molecular formula is C26H27FN6. The normalized spacial score (nSPS) is 15.0. The Morgan fingerprint density at radius 2 is 1.76 bits per heavy atom. The Hall–Kier alpha value is -3.58. The number of hydrogen-bond donors (Lipinski definition) is 2. The van der Waals surface area contributed by atoms with Gasteiger partial charge in [-0.15, -0.1) is 0 Å². The van der Waals surface area contributed by atoms with Crippen molar-refractivity contribution in [1.82, 2.24) is 24.8 Å². The Bertz CT molecular complexity index is 1200. The van der Waals surface area contributed by atoms with Gasteiger partial charge in [0.1, 0.15) is 11.6 Å². The fraction of sp³-hybridized carbons (Fsp3) is 0.269. The number of rotatable bonds is 6. The topological polar surface area (TPSA) is 69.7 Å². The Balaban J connectivity index is 1.47. The van der Waals surface area contributed by atoms with Crippen LogP contribution in [0.3, 0.4) is 0 Å². The van der Waals surface area contributed by atoms with Crippen LogP contribution >= 0.6 is 0 Å². The van der Waals surface area contributed by atoms with Crippen LogP contribution in [-0.4, -0.2) is 45.0 Å². The van der Waals surface area contributed by atoms with Crippen molar-refractivity contribution >= 4 is 5.95 Å². The zero-order valence-electron chi connectivity index (χ0n) is 18.6. The van der Waals surface area contributed by atoms with Gasteiger partial charge in [0.15, 0.2) is 0 Å². The van der Waals surface area contributed by atoms with Crippen molar-refractivity contribution in [2.75, 3.05) is 25.5 Å². The second-order valence-electron chi connectivity index (χ2n) is 8.53. The highest BCUT2D eigenvalue weighted by Crippen LogP contribution is 2.34. The zero-order valence-corrected chi connectivity index (χ0v) is 18.6. The lowest BCUT2D eigenvalue weighted by molar-refractivity contribution is 0.251. The lowest BCUT2D eigenvalue weighted by Gasteiger charge is -2.27. The first kappa shape index (κ1) is 21.3. The Kier molecular flexibility index (Phi) is 6.13. The summed E-state index contributed by atoms with van der Waals surface area (Å²) in [6, 6.07) is 18.5. The minimum absolute atomic E-state index is 0.263. The molecule has 0 saturated carbocycles. The van der Waals surface area contributed by atoms with Gasteiger partial charge in [-0.1, -0.05) is 30.3 Å². The summed E-state index contributed by atoms with van der Waals surface area (Å²) in [6.07, 6.45) is 3.86. The van der Waals surface area contributed by atoms with Gasteiger partial charge in [0.25, 0.3) is 0 Å². The first-order chi connectivity index (χ1) is 16.2. The SMILES string of the molecule is CN1CCC(c2nc(-c3ccc(F)cc3)c(-c3ccnc(NCc4ccccc4)n3)[nH]2)CC1. The van der Waals surface area contributed by atoms with Crippen LogP contribution in [0.1, 0.15) is 30.1 Å². The number of benzene rings is 2. The largest absolute Gasteiger partial charge is 0.350 e. The number of anilines is 1. The van der Waals surface area contributed by atoms with Crippen LogP contribution < -0.4 is 5.32 Å². The van der Waals surface area contributed by atoms with Crippen LogP contribution in [0.2, 0.25) is 0 Å². The van der Waals surface area contributed by atoms with E-state index >= 15 is 0 Å². The smallest absolute Gasteiger partial charge is 0.223 e. The minimum Gasteiger partial charge on any atom is -0.350 e. The fourth-order valence-electron chi connectivity index (χ4n) is 4.23. The number of nitrogens with zero attached hydrogens (tertiary/aromatic N) is 4. The Labute approximate surface area is 192 Å². The number of nitrogens with one attached hydrogen (secondary N) is 2. The molecule has 1 aliphatic heterocycles. The molecule has 0 radical (unpaired) electrons. The molecule has 1 fully saturated rings. The summed E-state index contributed by atoms with van der Waals surface area (Å²) < 4.78 is 13.6. The van der Waals surface area contributed by atoms with E-state index in [-0.39, 0.29) is 5.82 Å². The molecule has 0 atom stereocenters. The highest BCUT2D eigenvalue weighted by molar-refractivity contribution is 5.77. The summed E-state index contributed by atoms with van der Waals surface area (Å²) in [6.45, 7) is 2.74. The molecule has 0 amide bonds. The van der Waals surface area contributed by atoms with Crippen LogP contribution in [0.5, 0.6) is 0 Å². The van der Waals surface area contributed by atoms with E-state index in [4.69, 9.17) is 9.97 Å². The van der Waals surface area contributed by atoms with E-state index in [2.05, 4.69) is 39.4 Å². The number of aromatic amines is 1. The van der Waals surface area contributed by atoms with Gasteiger partial charge in [0.2, 0.25) is 5.95 Å². The monoisotopic (exact) mass is 442 g/mol. The van der Waals surface area contributed by atoms with Gasteiger partial charge in [-0.3, -0.25) is 0 Å². The van der Waals surface area contributed by atoms with Gasteiger partial charge >= 0.3 is 0 Å². The van der Waals surface area contributed by atoms with Gasteiger partial charge in [0.05, 0.1) is 17.1 Å². The summed E-state index contributed by atoms with van der Waals surface area (Å²) in [5.41, 5.74) is 4.40. The minimum atomic E-state index is -0.263. The van der Waals surface area contributed by atoms with E-state index in [9.17, 15) is 4.39 Å². The van der Waals surface area contributed by atoms with Gasteiger partial charge in [-0.05, 0) is 68.9 Å². The molecule has 1 aliphatic rings. The number of hydrogen-bond acceptors (Lipinski definition) is 5. The molecule has 168 valence electrons. The van der Waals surface area contributed by atoms with E-state index in [1.807, 2.05) is 24.3 Å². The van der Waals surface area contributed by atoms with Crippen molar-refractivity contribution < 1.29 is 4.39 Å². The zero-order chi connectivity index (χ0) is 22.6. The van der Waals surface area contributed by atoms with Crippen LogP contribution in [-0.2, 0) is 6.54 Å². The molecule has 4 aromatic rings. The van der Waals surface area contributed by atoms with Gasteiger partial charge in [0, 0.05) is 24.2 Å². The number of likely N-dealkylation sites (tertiary alicyclic amines) is 1. The van der Waals surface area contributed by atoms with Crippen molar-refractivity contribution in [3.8, 4) is 22.6 Å². The fourth-order valence-corrected chi connectivity index (χ4v) is 4.23. The number of halogens is 1. The van der Waals surface area contributed by atoms with E-state index in [0.29, 0.717) is 18.4 Å². The molecule has 2 N–H and O–H groups in total. The molecule has 0 aliphatic carbocycles. The summed E-state index contributed by atoms with van der Waals surface area (Å²) in [5.74, 6) is 1.62. The third-order valence-electron chi connectivity index (χ3n) is 6.15. The molecule has 1 saturated heterocycles. The van der Waals surface area contributed by atoms with E-state index < -0.39 is 0 Å². The van der Waals surface area contributed by atoms with Crippen LogP contribution in [0.15, 0.2) is 66.9 Å². The van der Waals surface area contributed by atoms with Gasteiger partial charge in [-0.2, -0.15) is 0 Å². The second kappa shape index (κ2) is 9.50. The molecule has 0 bridgehead atoms. The predicted octanol–water partition coefficient (Wildman–Crippen LogP) is 5.09. The standard InChI is InChI=1S/C26H27FN6/c1-33-15-12-20(13-16-33)25-31-23(19-7-9-21(27)10-8-19)24(32-25)22-11-14-28-26(30-22)29-17-18-5-3-2-4-6-18/h2-11,14,20H,12-13,15-17H2,1H3,(H,31,32)(H,28,29,30). The van der Waals surface area contributed by atoms with Crippen molar-refractivity contribution in [3.63, 3.8) is 0 Å². The van der Waals surface area contributed by atoms with Crippen molar-refractivity contribution in [2.45, 2.75) is 25.3 Å². The Morgan fingerprint density at radius 3 is 2.52 bits per heavy atom. The predicted molar refractivity (Wildman–Crippen MR) is 128 cm³/mol. The van der Waals surface area contributed by atoms with Crippen molar-refractivity contribution in [3.05, 3.63) is 84.1 Å². The third kappa shape index (κ3) is 4.93. The van der Waals surface area contributed by atoms with Crippen LogP contribution in [0.25, 0.3) is 22.6 Å². The van der Waals surface area contributed by atoms with Crippen LogP contribution in [0.4, 0.5) is 10.3 Å². The second-order valence-corrected chi connectivity index (χ2v) is 8.53. The number of H-pyrrole nitrogens is 1. The number of imidazole rings is 1. The average molecular weight is 443 g/mol. The highest BCUT2D eigenvalue weighted by Gasteiger charge is 2.24. The molecule has 0 unspecified atom stereocenters. The van der Waals surface area contributed by atoms with Gasteiger partial charge in [-0.25, -0.2) is 19.3 Å². The van der Waals surface area contributed by atoms with Gasteiger partial charge < -0.3 is 15.2 Å². The quantitative estimate of drug-likeness (QED) is 0.435. The molecule has 0 spiro atoms. The van der Waals surface area contributed by atoms with E-state index in [1.54, 1.807) is 18.3 Å².